The fraction of sp³-hybridized carbons (Fsp3) is 0.300. The van der Waals surface area contributed by atoms with E-state index in [9.17, 15) is 4.79 Å². The summed E-state index contributed by atoms with van der Waals surface area (Å²) in [5.74, 6) is 0. The maximum Gasteiger partial charge on any atom is 0.315 e. The molecular weight excluding hydrogens is 178 g/mol. The number of carbonyl (C=O) groups is 1. The van der Waals surface area contributed by atoms with Crippen LogP contribution >= 0.6 is 0 Å². The monoisotopic (exact) mass is 191 g/mol. The van der Waals surface area contributed by atoms with Crippen LogP contribution in [0.5, 0.6) is 0 Å². The summed E-state index contributed by atoms with van der Waals surface area (Å²) in [5, 5.41) is 0. The predicted octanol–water partition coefficient (Wildman–Crippen LogP) is 0.540. The van der Waals surface area contributed by atoms with Crippen molar-refractivity contribution in [3.05, 3.63) is 34.9 Å². The van der Waals surface area contributed by atoms with Crippen LogP contribution in [0, 0.1) is 0 Å². The summed E-state index contributed by atoms with van der Waals surface area (Å²) in [7, 11) is 0. The molecule has 0 radical (unpaired) electrons. The molecule has 1 aromatic carbocycles. The van der Waals surface area contributed by atoms with E-state index < -0.39 is 0 Å². The van der Waals surface area contributed by atoms with Crippen LogP contribution in [0.1, 0.15) is 16.7 Å². The largest absolute Gasteiger partial charge is 0.351 e. The van der Waals surface area contributed by atoms with Gasteiger partial charge in [-0.2, -0.15) is 0 Å². The number of amides is 2. The first-order chi connectivity index (χ1) is 6.70. The van der Waals surface area contributed by atoms with Crippen molar-refractivity contribution in [1.82, 2.24) is 4.90 Å². The van der Waals surface area contributed by atoms with E-state index >= 15 is 0 Å². The molecule has 74 valence electrons. The first-order valence-corrected chi connectivity index (χ1v) is 4.56. The quantitative estimate of drug-likeness (QED) is 0.680. The number of carbonyl (C=O) groups excluding carboxylic acids is 1. The third kappa shape index (κ3) is 1.44. The molecule has 1 aliphatic rings. The number of hydrogen-bond donors (Lipinski definition) is 2. The van der Waals surface area contributed by atoms with Crippen LogP contribution in [0.4, 0.5) is 4.79 Å². The Morgan fingerprint density at radius 2 is 2.07 bits per heavy atom. The van der Waals surface area contributed by atoms with Crippen molar-refractivity contribution in [2.75, 3.05) is 0 Å². The molecule has 2 rings (SSSR count). The van der Waals surface area contributed by atoms with Crippen LogP contribution in [-0.2, 0) is 19.6 Å². The lowest BCUT2D eigenvalue weighted by molar-refractivity contribution is 0.208. The van der Waals surface area contributed by atoms with Gasteiger partial charge >= 0.3 is 6.03 Å². The van der Waals surface area contributed by atoms with Gasteiger partial charge in [0.2, 0.25) is 0 Å². The Hall–Kier alpha value is -1.55. The molecule has 4 heteroatoms. The Kier molecular flexibility index (Phi) is 2.13. The zero-order valence-electron chi connectivity index (χ0n) is 7.86. The minimum absolute atomic E-state index is 0.365. The van der Waals surface area contributed by atoms with Gasteiger partial charge in [0.15, 0.2) is 0 Å². The van der Waals surface area contributed by atoms with E-state index in [1.807, 2.05) is 18.2 Å². The lowest BCUT2D eigenvalue weighted by Gasteiger charge is -2.10. The smallest absolute Gasteiger partial charge is 0.315 e. The summed E-state index contributed by atoms with van der Waals surface area (Å²) in [6.07, 6.45) is 0. The molecule has 0 atom stereocenters. The maximum atomic E-state index is 10.9. The minimum Gasteiger partial charge on any atom is -0.351 e. The standard InChI is InChI=1S/C10H13N3O/c11-4-7-1-2-8-5-13(10(12)14)6-9(8)3-7/h1-3H,4-6,11H2,(H2,12,14). The van der Waals surface area contributed by atoms with Gasteiger partial charge in [-0.15, -0.1) is 0 Å². The third-order valence-electron chi connectivity index (χ3n) is 2.54. The molecule has 1 aromatic rings. The van der Waals surface area contributed by atoms with Crippen molar-refractivity contribution in [3.8, 4) is 0 Å². The number of nitrogens with zero attached hydrogens (tertiary/aromatic N) is 1. The summed E-state index contributed by atoms with van der Waals surface area (Å²) in [5.41, 5.74) is 14.2. The lowest BCUT2D eigenvalue weighted by atomic mass is 10.1. The molecule has 2 amide bonds. The van der Waals surface area contributed by atoms with E-state index in [0.29, 0.717) is 19.6 Å². The van der Waals surface area contributed by atoms with Gasteiger partial charge in [-0.05, 0) is 16.7 Å². The van der Waals surface area contributed by atoms with E-state index in [4.69, 9.17) is 11.5 Å². The van der Waals surface area contributed by atoms with Gasteiger partial charge in [0.05, 0.1) is 0 Å². The van der Waals surface area contributed by atoms with Gasteiger partial charge in [0.25, 0.3) is 0 Å². The molecule has 0 aromatic heterocycles. The fourth-order valence-corrected chi connectivity index (χ4v) is 1.73. The van der Waals surface area contributed by atoms with Crippen molar-refractivity contribution in [2.45, 2.75) is 19.6 Å². The van der Waals surface area contributed by atoms with Crippen molar-refractivity contribution in [1.29, 1.82) is 0 Å². The van der Waals surface area contributed by atoms with Crippen molar-refractivity contribution < 1.29 is 4.79 Å². The van der Waals surface area contributed by atoms with Gasteiger partial charge in [-0.3, -0.25) is 0 Å². The molecule has 0 aliphatic carbocycles. The first-order valence-electron chi connectivity index (χ1n) is 4.56. The van der Waals surface area contributed by atoms with Gasteiger partial charge in [-0.25, -0.2) is 4.79 Å². The van der Waals surface area contributed by atoms with Crippen molar-refractivity contribution in [3.63, 3.8) is 0 Å². The molecule has 1 heterocycles. The van der Waals surface area contributed by atoms with E-state index in [1.54, 1.807) is 4.90 Å². The predicted molar refractivity (Wildman–Crippen MR) is 53.2 cm³/mol. The van der Waals surface area contributed by atoms with Crippen molar-refractivity contribution in [2.24, 2.45) is 11.5 Å². The highest BCUT2D eigenvalue weighted by molar-refractivity contribution is 5.73. The molecular formula is C10H13N3O. The average molecular weight is 191 g/mol. The number of hydrogen-bond acceptors (Lipinski definition) is 2. The van der Waals surface area contributed by atoms with Gasteiger partial charge in [0.1, 0.15) is 0 Å². The molecule has 4 N–H and O–H groups in total. The topological polar surface area (TPSA) is 72.3 Å². The lowest BCUT2D eigenvalue weighted by Crippen LogP contribution is -2.30. The molecule has 0 fully saturated rings. The van der Waals surface area contributed by atoms with Crippen molar-refractivity contribution >= 4 is 6.03 Å². The van der Waals surface area contributed by atoms with Crippen LogP contribution < -0.4 is 11.5 Å². The Morgan fingerprint density at radius 1 is 1.36 bits per heavy atom. The Bertz CT molecular complexity index is 376. The zero-order chi connectivity index (χ0) is 10.1. The van der Waals surface area contributed by atoms with Crippen LogP contribution in [0.2, 0.25) is 0 Å². The Morgan fingerprint density at radius 3 is 2.71 bits per heavy atom. The van der Waals surface area contributed by atoms with E-state index in [2.05, 4.69) is 0 Å². The van der Waals surface area contributed by atoms with E-state index in [0.717, 1.165) is 11.1 Å². The Balaban J connectivity index is 2.27. The highest BCUT2D eigenvalue weighted by atomic mass is 16.2. The Labute approximate surface area is 82.5 Å². The van der Waals surface area contributed by atoms with Gasteiger partial charge in [-0.1, -0.05) is 18.2 Å². The normalized spacial score (nSPS) is 14.2. The third-order valence-corrected chi connectivity index (χ3v) is 2.54. The van der Waals surface area contributed by atoms with Gasteiger partial charge < -0.3 is 16.4 Å². The van der Waals surface area contributed by atoms with Crippen LogP contribution in [0.25, 0.3) is 0 Å². The van der Waals surface area contributed by atoms with E-state index in [1.165, 1.54) is 5.56 Å². The molecule has 14 heavy (non-hydrogen) atoms. The van der Waals surface area contributed by atoms with Gasteiger partial charge in [0, 0.05) is 19.6 Å². The summed E-state index contributed by atoms with van der Waals surface area (Å²) in [6, 6.07) is 5.68. The minimum atomic E-state index is -0.365. The summed E-state index contributed by atoms with van der Waals surface area (Å²) < 4.78 is 0. The average Bonchev–Trinajstić information content (AvgIpc) is 2.59. The SMILES string of the molecule is NCc1ccc2c(c1)CN(C(N)=O)C2. The molecule has 0 unspecified atom stereocenters. The second kappa shape index (κ2) is 3.31. The molecule has 0 bridgehead atoms. The number of nitrogens with two attached hydrogens (primary N) is 2. The number of benzene rings is 1. The van der Waals surface area contributed by atoms with E-state index in [-0.39, 0.29) is 6.03 Å². The van der Waals surface area contributed by atoms with Crippen LogP contribution in [0.15, 0.2) is 18.2 Å². The number of rotatable bonds is 1. The first kappa shape index (κ1) is 9.02. The maximum absolute atomic E-state index is 10.9. The molecule has 4 nitrogen and oxygen atoms in total. The zero-order valence-corrected chi connectivity index (χ0v) is 7.86. The number of primary amides is 1. The molecule has 1 aliphatic heterocycles. The second-order valence-electron chi connectivity index (χ2n) is 3.50. The summed E-state index contributed by atoms with van der Waals surface area (Å²) in [4.78, 5) is 12.6. The molecule has 0 saturated carbocycles. The highest BCUT2D eigenvalue weighted by Gasteiger charge is 2.21. The molecule has 0 saturated heterocycles. The summed E-state index contributed by atoms with van der Waals surface area (Å²) >= 11 is 0. The fourth-order valence-electron chi connectivity index (χ4n) is 1.73. The number of urea groups is 1. The summed E-state index contributed by atoms with van der Waals surface area (Å²) in [6.45, 7) is 1.76. The van der Waals surface area contributed by atoms with Crippen LogP contribution in [-0.4, -0.2) is 10.9 Å². The second-order valence-corrected chi connectivity index (χ2v) is 3.50. The number of fused-ring (bicyclic) bond motifs is 1. The molecule has 0 spiro atoms. The van der Waals surface area contributed by atoms with Crippen LogP contribution in [0.3, 0.4) is 0 Å². The highest BCUT2D eigenvalue weighted by Crippen LogP contribution is 2.23.